The van der Waals surface area contributed by atoms with Crippen LogP contribution < -0.4 is 10.6 Å². The summed E-state index contributed by atoms with van der Waals surface area (Å²) in [6, 6.07) is 17.1. The molecule has 0 radical (unpaired) electrons. The highest BCUT2D eigenvalue weighted by Crippen LogP contribution is 2.22. The predicted molar refractivity (Wildman–Crippen MR) is 89.5 cm³/mol. The van der Waals surface area contributed by atoms with Crippen LogP contribution in [-0.4, -0.2) is 31.1 Å². The monoisotopic (exact) mass is 281 g/mol. The second-order valence-electron chi connectivity index (χ2n) is 5.79. The maximum absolute atomic E-state index is 6.02. The molecule has 21 heavy (non-hydrogen) atoms. The van der Waals surface area contributed by atoms with E-state index in [0.717, 1.165) is 44.0 Å². The number of anilines is 2. The van der Waals surface area contributed by atoms with Crippen LogP contribution >= 0.6 is 0 Å². The van der Waals surface area contributed by atoms with Gasteiger partial charge in [-0.1, -0.05) is 36.4 Å². The third kappa shape index (κ3) is 3.37. The first-order chi connectivity index (χ1) is 10.2. The van der Waals surface area contributed by atoms with Gasteiger partial charge in [-0.3, -0.25) is 4.90 Å². The van der Waals surface area contributed by atoms with Crippen LogP contribution in [0.3, 0.4) is 0 Å². The molecule has 1 aliphatic heterocycles. The maximum atomic E-state index is 6.02. The largest absolute Gasteiger partial charge is 0.398 e. The van der Waals surface area contributed by atoms with E-state index in [-0.39, 0.29) is 0 Å². The Morgan fingerprint density at radius 2 is 1.67 bits per heavy atom. The Balaban J connectivity index is 1.58. The van der Waals surface area contributed by atoms with Gasteiger partial charge in [0.2, 0.25) is 0 Å². The number of nitrogens with zero attached hydrogens (tertiary/aromatic N) is 2. The highest BCUT2D eigenvalue weighted by Gasteiger charge is 2.17. The van der Waals surface area contributed by atoms with Crippen LogP contribution in [0.25, 0.3) is 0 Å². The summed E-state index contributed by atoms with van der Waals surface area (Å²) in [5.74, 6) is 0. The van der Waals surface area contributed by atoms with Gasteiger partial charge in [0.1, 0.15) is 0 Å². The van der Waals surface area contributed by atoms with Gasteiger partial charge in [0.15, 0.2) is 0 Å². The highest BCUT2D eigenvalue weighted by molar-refractivity contribution is 5.59. The van der Waals surface area contributed by atoms with E-state index in [9.17, 15) is 0 Å². The maximum Gasteiger partial charge on any atom is 0.0387 e. The lowest BCUT2D eigenvalue weighted by molar-refractivity contribution is 0.250. The third-order valence-corrected chi connectivity index (χ3v) is 4.25. The topological polar surface area (TPSA) is 32.5 Å². The number of piperazine rings is 1. The highest BCUT2D eigenvalue weighted by atomic mass is 15.3. The Morgan fingerprint density at radius 1 is 0.952 bits per heavy atom. The van der Waals surface area contributed by atoms with Crippen molar-refractivity contribution in [3.8, 4) is 0 Å². The number of aryl methyl sites for hydroxylation is 1. The first-order valence-corrected chi connectivity index (χ1v) is 7.60. The van der Waals surface area contributed by atoms with Crippen molar-refractivity contribution in [1.29, 1.82) is 0 Å². The molecule has 1 fully saturated rings. The fourth-order valence-electron chi connectivity index (χ4n) is 2.83. The Bertz CT molecular complexity index is 587. The minimum Gasteiger partial charge on any atom is -0.398 e. The van der Waals surface area contributed by atoms with E-state index >= 15 is 0 Å². The number of hydrogen-bond donors (Lipinski definition) is 1. The van der Waals surface area contributed by atoms with Crippen molar-refractivity contribution in [3.63, 3.8) is 0 Å². The van der Waals surface area contributed by atoms with Crippen molar-refractivity contribution in [2.24, 2.45) is 0 Å². The van der Waals surface area contributed by atoms with Crippen molar-refractivity contribution in [3.05, 3.63) is 59.7 Å². The first kappa shape index (κ1) is 14.0. The SMILES string of the molecule is Cc1ccc(N2CCN(Cc3ccccc3)CC2)cc1N. The third-order valence-electron chi connectivity index (χ3n) is 4.25. The number of hydrogen-bond acceptors (Lipinski definition) is 3. The lowest BCUT2D eigenvalue weighted by Crippen LogP contribution is -2.46. The number of benzene rings is 2. The van der Waals surface area contributed by atoms with Gasteiger partial charge < -0.3 is 10.6 Å². The smallest absolute Gasteiger partial charge is 0.0387 e. The molecule has 2 aromatic rings. The Kier molecular flexibility index (Phi) is 4.11. The fraction of sp³-hybridized carbons (Fsp3) is 0.333. The molecule has 2 N–H and O–H groups in total. The zero-order valence-corrected chi connectivity index (χ0v) is 12.6. The molecule has 1 saturated heterocycles. The molecule has 0 aromatic heterocycles. The summed E-state index contributed by atoms with van der Waals surface area (Å²) in [7, 11) is 0. The van der Waals surface area contributed by atoms with E-state index in [4.69, 9.17) is 5.73 Å². The van der Waals surface area contributed by atoms with Gasteiger partial charge in [-0.25, -0.2) is 0 Å². The molecule has 1 heterocycles. The molecule has 0 bridgehead atoms. The van der Waals surface area contributed by atoms with E-state index in [1.165, 1.54) is 11.3 Å². The van der Waals surface area contributed by atoms with Gasteiger partial charge in [0, 0.05) is 44.1 Å². The minimum absolute atomic E-state index is 0.888. The second kappa shape index (κ2) is 6.19. The average molecular weight is 281 g/mol. The van der Waals surface area contributed by atoms with Crippen LogP contribution in [0.15, 0.2) is 48.5 Å². The van der Waals surface area contributed by atoms with Crippen LogP contribution in [0.5, 0.6) is 0 Å². The Labute approximate surface area is 127 Å². The Hall–Kier alpha value is -2.00. The molecule has 0 saturated carbocycles. The zero-order chi connectivity index (χ0) is 14.7. The van der Waals surface area contributed by atoms with E-state index < -0.39 is 0 Å². The molecule has 2 aromatic carbocycles. The molecule has 0 atom stereocenters. The number of rotatable bonds is 3. The van der Waals surface area contributed by atoms with Gasteiger partial charge in [-0.15, -0.1) is 0 Å². The summed E-state index contributed by atoms with van der Waals surface area (Å²) < 4.78 is 0. The number of nitrogen functional groups attached to an aromatic ring is 1. The zero-order valence-electron chi connectivity index (χ0n) is 12.6. The Morgan fingerprint density at radius 3 is 2.33 bits per heavy atom. The molecule has 0 unspecified atom stereocenters. The fourth-order valence-corrected chi connectivity index (χ4v) is 2.83. The lowest BCUT2D eigenvalue weighted by atomic mass is 10.1. The van der Waals surface area contributed by atoms with Crippen molar-refractivity contribution in [2.75, 3.05) is 36.8 Å². The van der Waals surface area contributed by atoms with E-state index in [2.05, 4.69) is 65.3 Å². The van der Waals surface area contributed by atoms with Crippen LogP contribution in [0, 0.1) is 6.92 Å². The number of nitrogens with two attached hydrogens (primary N) is 1. The summed E-state index contributed by atoms with van der Waals surface area (Å²) in [4.78, 5) is 4.95. The summed E-state index contributed by atoms with van der Waals surface area (Å²) in [6.07, 6.45) is 0. The van der Waals surface area contributed by atoms with Crippen molar-refractivity contribution in [2.45, 2.75) is 13.5 Å². The van der Waals surface area contributed by atoms with Crippen LogP contribution in [0.2, 0.25) is 0 Å². The normalized spacial score (nSPS) is 16.1. The minimum atomic E-state index is 0.888. The van der Waals surface area contributed by atoms with Crippen LogP contribution in [-0.2, 0) is 6.54 Å². The van der Waals surface area contributed by atoms with E-state index in [1.54, 1.807) is 0 Å². The van der Waals surface area contributed by atoms with Crippen molar-refractivity contribution >= 4 is 11.4 Å². The summed E-state index contributed by atoms with van der Waals surface area (Å²) >= 11 is 0. The molecule has 0 spiro atoms. The van der Waals surface area contributed by atoms with E-state index in [1.807, 2.05) is 0 Å². The molecule has 3 rings (SSSR count). The van der Waals surface area contributed by atoms with Crippen molar-refractivity contribution < 1.29 is 0 Å². The lowest BCUT2D eigenvalue weighted by Gasteiger charge is -2.36. The average Bonchev–Trinajstić information content (AvgIpc) is 2.52. The van der Waals surface area contributed by atoms with Crippen LogP contribution in [0.1, 0.15) is 11.1 Å². The molecule has 110 valence electrons. The molecule has 1 aliphatic rings. The molecular formula is C18H23N3. The molecular weight excluding hydrogens is 258 g/mol. The first-order valence-electron chi connectivity index (χ1n) is 7.60. The molecule has 0 amide bonds. The van der Waals surface area contributed by atoms with Gasteiger partial charge in [0.05, 0.1) is 0 Å². The van der Waals surface area contributed by atoms with Gasteiger partial charge in [-0.05, 0) is 30.2 Å². The second-order valence-corrected chi connectivity index (χ2v) is 5.79. The van der Waals surface area contributed by atoms with Gasteiger partial charge in [0.25, 0.3) is 0 Å². The van der Waals surface area contributed by atoms with Gasteiger partial charge in [-0.2, -0.15) is 0 Å². The predicted octanol–water partition coefficient (Wildman–Crippen LogP) is 2.90. The van der Waals surface area contributed by atoms with E-state index in [0.29, 0.717) is 0 Å². The van der Waals surface area contributed by atoms with Gasteiger partial charge >= 0.3 is 0 Å². The summed E-state index contributed by atoms with van der Waals surface area (Å²) in [6.45, 7) is 7.43. The standard InChI is InChI=1S/C18H23N3/c1-15-7-8-17(13-18(15)19)21-11-9-20(10-12-21)14-16-5-3-2-4-6-16/h2-8,13H,9-12,14,19H2,1H3. The molecule has 3 heteroatoms. The molecule has 0 aliphatic carbocycles. The quantitative estimate of drug-likeness (QED) is 0.878. The van der Waals surface area contributed by atoms with Crippen LogP contribution in [0.4, 0.5) is 11.4 Å². The molecule has 3 nitrogen and oxygen atoms in total. The summed E-state index contributed by atoms with van der Waals surface area (Å²) in [5.41, 5.74) is 10.7. The summed E-state index contributed by atoms with van der Waals surface area (Å²) in [5, 5.41) is 0. The van der Waals surface area contributed by atoms with Crippen molar-refractivity contribution in [1.82, 2.24) is 4.90 Å².